The van der Waals surface area contributed by atoms with Crippen molar-refractivity contribution in [3.63, 3.8) is 0 Å². The van der Waals surface area contributed by atoms with E-state index in [-0.39, 0.29) is 11.6 Å². The number of hydrogen-bond acceptors (Lipinski definition) is 4. The topological polar surface area (TPSA) is 84.3 Å². The molecular weight excluding hydrogens is 270 g/mol. The summed E-state index contributed by atoms with van der Waals surface area (Å²) >= 11 is 0. The molecule has 1 fully saturated rings. The standard InChI is InChI=1S/C15H21N3O3/c1-3-16-15(19)12-6-7-13(14(8-12)18(20)21)17-9-10(2)11-4-5-11/h6-8,10-11,17H,3-5,9H2,1-2H3,(H,16,19). The smallest absolute Gasteiger partial charge is 0.293 e. The maximum absolute atomic E-state index is 11.7. The molecule has 0 heterocycles. The molecule has 6 nitrogen and oxygen atoms in total. The van der Waals surface area contributed by atoms with Crippen LogP contribution < -0.4 is 10.6 Å². The number of anilines is 1. The first kappa shape index (κ1) is 15.3. The maximum atomic E-state index is 11.7. The number of nitrogens with one attached hydrogen (secondary N) is 2. The van der Waals surface area contributed by atoms with Crippen LogP contribution >= 0.6 is 0 Å². The highest BCUT2D eigenvalue weighted by molar-refractivity contribution is 5.95. The summed E-state index contributed by atoms with van der Waals surface area (Å²) in [5.41, 5.74) is 0.728. The minimum atomic E-state index is -0.452. The van der Waals surface area contributed by atoms with Crippen molar-refractivity contribution < 1.29 is 9.72 Å². The van der Waals surface area contributed by atoms with Crippen LogP contribution in [0.25, 0.3) is 0 Å². The van der Waals surface area contributed by atoms with Gasteiger partial charge < -0.3 is 10.6 Å². The van der Waals surface area contributed by atoms with Gasteiger partial charge in [-0.25, -0.2) is 0 Å². The van der Waals surface area contributed by atoms with Crippen LogP contribution in [0.15, 0.2) is 18.2 Å². The molecule has 0 radical (unpaired) electrons. The van der Waals surface area contributed by atoms with Gasteiger partial charge in [0, 0.05) is 24.7 Å². The van der Waals surface area contributed by atoms with Gasteiger partial charge in [0.2, 0.25) is 0 Å². The van der Waals surface area contributed by atoms with E-state index in [2.05, 4.69) is 17.6 Å². The predicted octanol–water partition coefficient (Wildman–Crippen LogP) is 2.80. The largest absolute Gasteiger partial charge is 0.379 e. The van der Waals surface area contributed by atoms with Crippen LogP contribution in [0.3, 0.4) is 0 Å². The molecule has 0 aromatic heterocycles. The fraction of sp³-hybridized carbons (Fsp3) is 0.533. The summed E-state index contributed by atoms with van der Waals surface area (Å²) in [7, 11) is 0. The Morgan fingerprint density at radius 3 is 2.76 bits per heavy atom. The normalized spacial score (nSPS) is 15.3. The van der Waals surface area contributed by atoms with Crippen molar-refractivity contribution in [3.8, 4) is 0 Å². The van der Waals surface area contributed by atoms with E-state index in [0.717, 1.165) is 5.92 Å². The van der Waals surface area contributed by atoms with Gasteiger partial charge in [-0.2, -0.15) is 0 Å². The van der Waals surface area contributed by atoms with Gasteiger partial charge in [0.1, 0.15) is 5.69 Å². The second-order valence-corrected chi connectivity index (χ2v) is 5.54. The van der Waals surface area contributed by atoms with Crippen molar-refractivity contribution in [1.82, 2.24) is 5.32 Å². The Morgan fingerprint density at radius 2 is 2.19 bits per heavy atom. The fourth-order valence-electron chi connectivity index (χ4n) is 2.34. The third-order valence-corrected chi connectivity index (χ3v) is 3.84. The number of carbonyl (C=O) groups excluding carboxylic acids is 1. The van der Waals surface area contributed by atoms with Gasteiger partial charge in [-0.05, 0) is 43.7 Å². The van der Waals surface area contributed by atoms with Crippen molar-refractivity contribution >= 4 is 17.3 Å². The average Bonchev–Trinajstić information content (AvgIpc) is 3.29. The molecule has 2 N–H and O–H groups in total. The van der Waals surface area contributed by atoms with Crippen LogP contribution in [0.1, 0.15) is 37.0 Å². The minimum Gasteiger partial charge on any atom is -0.379 e. The Hall–Kier alpha value is -2.11. The van der Waals surface area contributed by atoms with Crippen molar-refractivity contribution in [3.05, 3.63) is 33.9 Å². The number of benzene rings is 1. The molecule has 0 spiro atoms. The third kappa shape index (κ3) is 3.93. The molecule has 6 heteroatoms. The van der Waals surface area contributed by atoms with Gasteiger partial charge in [-0.3, -0.25) is 14.9 Å². The predicted molar refractivity (Wildman–Crippen MR) is 81.5 cm³/mol. The molecular formula is C15H21N3O3. The van der Waals surface area contributed by atoms with Gasteiger partial charge in [-0.1, -0.05) is 6.92 Å². The van der Waals surface area contributed by atoms with Crippen molar-refractivity contribution in [2.45, 2.75) is 26.7 Å². The zero-order valence-electron chi connectivity index (χ0n) is 12.4. The lowest BCUT2D eigenvalue weighted by molar-refractivity contribution is -0.384. The van der Waals surface area contributed by atoms with E-state index in [4.69, 9.17) is 0 Å². The lowest BCUT2D eigenvalue weighted by Gasteiger charge is -2.13. The van der Waals surface area contributed by atoms with E-state index in [1.165, 1.54) is 18.9 Å². The third-order valence-electron chi connectivity index (χ3n) is 3.84. The average molecular weight is 291 g/mol. The number of hydrogen-bond donors (Lipinski definition) is 2. The van der Waals surface area contributed by atoms with Gasteiger partial charge in [0.25, 0.3) is 11.6 Å². The molecule has 1 aromatic carbocycles. The van der Waals surface area contributed by atoms with Crippen LogP contribution in [0.5, 0.6) is 0 Å². The Kier molecular flexibility index (Phi) is 4.77. The maximum Gasteiger partial charge on any atom is 0.293 e. The summed E-state index contributed by atoms with van der Waals surface area (Å²) in [6.07, 6.45) is 2.50. The van der Waals surface area contributed by atoms with E-state index in [1.807, 2.05) is 6.92 Å². The molecule has 2 rings (SSSR count). The van der Waals surface area contributed by atoms with E-state index < -0.39 is 4.92 Å². The first-order valence-corrected chi connectivity index (χ1v) is 7.33. The Bertz CT molecular complexity index is 541. The number of carbonyl (C=O) groups is 1. The zero-order valence-corrected chi connectivity index (χ0v) is 12.4. The van der Waals surface area contributed by atoms with Crippen LogP contribution in [-0.2, 0) is 0 Å². The quantitative estimate of drug-likeness (QED) is 0.597. The molecule has 1 aromatic rings. The molecule has 1 saturated carbocycles. The van der Waals surface area contributed by atoms with Crippen LogP contribution in [0.4, 0.5) is 11.4 Å². The minimum absolute atomic E-state index is 0.0539. The van der Waals surface area contributed by atoms with Crippen LogP contribution in [0.2, 0.25) is 0 Å². The molecule has 0 saturated heterocycles. The number of nitro groups is 1. The second kappa shape index (κ2) is 6.56. The van der Waals surface area contributed by atoms with Crippen LogP contribution in [-0.4, -0.2) is 23.9 Å². The summed E-state index contributed by atoms with van der Waals surface area (Å²) < 4.78 is 0. The number of nitro benzene ring substituents is 1. The highest BCUT2D eigenvalue weighted by atomic mass is 16.6. The van der Waals surface area contributed by atoms with Crippen molar-refractivity contribution in [2.24, 2.45) is 11.8 Å². The molecule has 1 aliphatic carbocycles. The van der Waals surface area contributed by atoms with E-state index in [1.54, 1.807) is 12.1 Å². The van der Waals surface area contributed by atoms with E-state index >= 15 is 0 Å². The molecule has 21 heavy (non-hydrogen) atoms. The van der Waals surface area contributed by atoms with Gasteiger partial charge in [0.05, 0.1) is 4.92 Å². The monoisotopic (exact) mass is 291 g/mol. The number of amides is 1. The summed E-state index contributed by atoms with van der Waals surface area (Å²) in [5.74, 6) is 0.956. The summed E-state index contributed by atoms with van der Waals surface area (Å²) in [5, 5.41) is 17.0. The van der Waals surface area contributed by atoms with Gasteiger partial charge in [-0.15, -0.1) is 0 Å². The zero-order chi connectivity index (χ0) is 15.4. The molecule has 1 amide bonds. The summed E-state index contributed by atoms with van der Waals surface area (Å²) in [6, 6.07) is 4.56. The molecule has 0 aliphatic heterocycles. The molecule has 0 bridgehead atoms. The lowest BCUT2D eigenvalue weighted by atomic mass is 10.1. The Balaban J connectivity index is 2.12. The molecule has 114 valence electrons. The first-order valence-electron chi connectivity index (χ1n) is 7.33. The van der Waals surface area contributed by atoms with E-state index in [9.17, 15) is 14.9 Å². The SMILES string of the molecule is CCNC(=O)c1ccc(NCC(C)C2CC2)c([N+](=O)[O-])c1. The van der Waals surface area contributed by atoms with Gasteiger partial charge in [0.15, 0.2) is 0 Å². The van der Waals surface area contributed by atoms with Crippen LogP contribution in [0, 0.1) is 22.0 Å². The summed E-state index contributed by atoms with van der Waals surface area (Å²) in [6.45, 7) is 5.17. The van der Waals surface area contributed by atoms with Gasteiger partial charge >= 0.3 is 0 Å². The highest BCUT2D eigenvalue weighted by Crippen LogP contribution is 2.37. The highest BCUT2D eigenvalue weighted by Gasteiger charge is 2.28. The Labute approximate surface area is 124 Å². The van der Waals surface area contributed by atoms with Crippen molar-refractivity contribution in [2.75, 3.05) is 18.4 Å². The first-order chi connectivity index (χ1) is 10.0. The van der Waals surface area contributed by atoms with E-state index in [0.29, 0.717) is 30.3 Å². The van der Waals surface area contributed by atoms with Crippen molar-refractivity contribution in [1.29, 1.82) is 0 Å². The number of nitrogens with zero attached hydrogens (tertiary/aromatic N) is 1. The molecule has 1 atom stereocenters. The lowest BCUT2D eigenvalue weighted by Crippen LogP contribution is -2.22. The molecule has 1 aliphatic rings. The molecule has 1 unspecified atom stereocenters. The number of rotatable bonds is 7. The Morgan fingerprint density at radius 1 is 1.48 bits per heavy atom. The fourth-order valence-corrected chi connectivity index (χ4v) is 2.34. The second-order valence-electron chi connectivity index (χ2n) is 5.54. The summed E-state index contributed by atoms with van der Waals surface area (Å²) in [4.78, 5) is 22.5.